The fraction of sp³-hybridized carbons (Fsp3) is 0.250. The third-order valence-corrected chi connectivity index (χ3v) is 3.00. The summed E-state index contributed by atoms with van der Waals surface area (Å²) in [6.45, 7) is 1.97. The van der Waals surface area contributed by atoms with Crippen molar-refractivity contribution in [1.29, 1.82) is 0 Å². The molecule has 0 amide bonds. The number of pyridine rings is 1. The molecule has 2 aromatic rings. The van der Waals surface area contributed by atoms with Gasteiger partial charge in [0.25, 0.3) is 0 Å². The van der Waals surface area contributed by atoms with Gasteiger partial charge in [-0.25, -0.2) is 9.18 Å². The van der Waals surface area contributed by atoms with Gasteiger partial charge < -0.3 is 4.74 Å². The number of ether oxygens (including phenoxy) is 1. The van der Waals surface area contributed by atoms with Crippen LogP contribution in [0, 0.1) is 12.7 Å². The second-order valence-electron chi connectivity index (χ2n) is 4.56. The molecule has 0 bridgehead atoms. The van der Waals surface area contributed by atoms with Crippen LogP contribution in [0.5, 0.6) is 0 Å². The molecule has 0 aliphatic carbocycles. The van der Waals surface area contributed by atoms with Crippen LogP contribution in [0.2, 0.25) is 0 Å². The molecule has 0 aliphatic heterocycles. The number of aryl methyl sites for hydroxylation is 2. The molecular weight excluding hydrogens is 257 g/mol. The zero-order valence-electron chi connectivity index (χ0n) is 11.3. The highest BCUT2D eigenvalue weighted by Crippen LogP contribution is 2.10. The van der Waals surface area contributed by atoms with E-state index in [0.717, 1.165) is 18.4 Å². The Morgan fingerprint density at radius 3 is 2.70 bits per heavy atom. The van der Waals surface area contributed by atoms with Gasteiger partial charge in [-0.05, 0) is 55.2 Å². The number of halogens is 1. The molecule has 1 heterocycles. The predicted octanol–water partition coefficient (Wildman–Crippen LogP) is 3.32. The van der Waals surface area contributed by atoms with E-state index in [1.165, 1.54) is 6.07 Å². The van der Waals surface area contributed by atoms with E-state index < -0.39 is 11.8 Å². The van der Waals surface area contributed by atoms with Gasteiger partial charge in [0.05, 0.1) is 12.2 Å². The molecule has 0 N–H and O–H groups in total. The van der Waals surface area contributed by atoms with Crippen molar-refractivity contribution in [3.8, 4) is 0 Å². The molecule has 2 rings (SSSR count). The zero-order valence-corrected chi connectivity index (χ0v) is 11.3. The van der Waals surface area contributed by atoms with Crippen LogP contribution >= 0.6 is 0 Å². The monoisotopic (exact) mass is 273 g/mol. The van der Waals surface area contributed by atoms with Crippen molar-refractivity contribution >= 4 is 5.97 Å². The summed E-state index contributed by atoms with van der Waals surface area (Å²) in [6.07, 6.45) is 5.01. The molecular formula is C16H16FNO2. The van der Waals surface area contributed by atoms with Crippen molar-refractivity contribution in [1.82, 2.24) is 4.98 Å². The van der Waals surface area contributed by atoms with E-state index in [1.54, 1.807) is 31.5 Å². The van der Waals surface area contributed by atoms with Crippen LogP contribution in [0.1, 0.15) is 27.9 Å². The summed E-state index contributed by atoms with van der Waals surface area (Å²) >= 11 is 0. The van der Waals surface area contributed by atoms with Crippen molar-refractivity contribution in [3.63, 3.8) is 0 Å². The summed E-state index contributed by atoms with van der Waals surface area (Å²) in [7, 11) is 0. The van der Waals surface area contributed by atoms with Gasteiger partial charge in [0.15, 0.2) is 0 Å². The van der Waals surface area contributed by atoms with Crippen molar-refractivity contribution in [2.45, 2.75) is 19.8 Å². The Bertz CT molecular complexity index is 584. The van der Waals surface area contributed by atoms with Crippen LogP contribution in [-0.2, 0) is 11.2 Å². The number of rotatable bonds is 5. The van der Waals surface area contributed by atoms with Crippen molar-refractivity contribution in [3.05, 3.63) is 65.2 Å². The summed E-state index contributed by atoms with van der Waals surface area (Å²) in [5.41, 5.74) is 1.91. The van der Waals surface area contributed by atoms with Crippen LogP contribution in [0.4, 0.5) is 4.39 Å². The van der Waals surface area contributed by atoms with Crippen LogP contribution in [-0.4, -0.2) is 17.6 Å². The van der Waals surface area contributed by atoms with E-state index in [2.05, 4.69) is 4.98 Å². The lowest BCUT2D eigenvalue weighted by Crippen LogP contribution is -2.07. The van der Waals surface area contributed by atoms with Crippen LogP contribution in [0.15, 0.2) is 42.7 Å². The number of benzene rings is 1. The van der Waals surface area contributed by atoms with E-state index in [4.69, 9.17) is 4.74 Å². The molecule has 4 heteroatoms. The van der Waals surface area contributed by atoms with Crippen LogP contribution in [0.25, 0.3) is 0 Å². The maximum absolute atomic E-state index is 13.3. The highest BCUT2D eigenvalue weighted by Gasteiger charge is 2.09. The molecule has 0 saturated carbocycles. The third kappa shape index (κ3) is 3.88. The lowest BCUT2D eigenvalue weighted by molar-refractivity contribution is 0.0500. The minimum Gasteiger partial charge on any atom is -0.462 e. The molecule has 0 unspecified atom stereocenters. The average molecular weight is 273 g/mol. The topological polar surface area (TPSA) is 39.2 Å². The lowest BCUT2D eigenvalue weighted by atomic mass is 10.1. The minimum atomic E-state index is -0.487. The Balaban J connectivity index is 1.79. The third-order valence-electron chi connectivity index (χ3n) is 3.00. The number of hydrogen-bond acceptors (Lipinski definition) is 3. The van der Waals surface area contributed by atoms with Crippen LogP contribution < -0.4 is 0 Å². The largest absolute Gasteiger partial charge is 0.462 e. The first kappa shape index (κ1) is 14.2. The maximum atomic E-state index is 13.3. The molecule has 0 radical (unpaired) electrons. The fourth-order valence-corrected chi connectivity index (χ4v) is 1.79. The van der Waals surface area contributed by atoms with Gasteiger partial charge in [0.2, 0.25) is 0 Å². The average Bonchev–Trinajstić information content (AvgIpc) is 2.47. The summed E-state index contributed by atoms with van der Waals surface area (Å²) in [5.74, 6) is -0.880. The SMILES string of the molecule is Cc1ccc(C(=O)OCCCc2ccncc2)cc1F. The molecule has 0 aliphatic rings. The van der Waals surface area contributed by atoms with Crippen molar-refractivity contribution in [2.75, 3.05) is 6.61 Å². The Hall–Kier alpha value is -2.23. The molecule has 0 fully saturated rings. The summed E-state index contributed by atoms with van der Waals surface area (Å²) in [5, 5.41) is 0. The first-order chi connectivity index (χ1) is 9.66. The number of carbonyl (C=O) groups is 1. The number of carbonyl (C=O) groups excluding carboxylic acids is 1. The minimum absolute atomic E-state index is 0.247. The van der Waals surface area contributed by atoms with Gasteiger partial charge in [0, 0.05) is 12.4 Å². The van der Waals surface area contributed by atoms with Crippen molar-refractivity contribution < 1.29 is 13.9 Å². The molecule has 0 atom stereocenters. The standard InChI is InChI=1S/C16H16FNO2/c1-12-4-5-14(11-15(12)17)16(19)20-10-2-3-13-6-8-18-9-7-13/h4-9,11H,2-3,10H2,1H3. The van der Waals surface area contributed by atoms with Gasteiger partial charge in [0.1, 0.15) is 5.82 Å². The van der Waals surface area contributed by atoms with Gasteiger partial charge in [-0.1, -0.05) is 6.07 Å². The summed E-state index contributed by atoms with van der Waals surface area (Å²) < 4.78 is 18.5. The highest BCUT2D eigenvalue weighted by molar-refractivity contribution is 5.89. The first-order valence-corrected chi connectivity index (χ1v) is 6.49. The predicted molar refractivity (Wildman–Crippen MR) is 74.0 cm³/mol. The fourth-order valence-electron chi connectivity index (χ4n) is 1.79. The van der Waals surface area contributed by atoms with E-state index in [-0.39, 0.29) is 5.56 Å². The Kier molecular flexibility index (Phi) is 4.82. The second kappa shape index (κ2) is 6.80. The van der Waals surface area contributed by atoms with E-state index >= 15 is 0 Å². The van der Waals surface area contributed by atoms with E-state index in [0.29, 0.717) is 12.2 Å². The summed E-state index contributed by atoms with van der Waals surface area (Å²) in [4.78, 5) is 15.7. The Labute approximate surface area is 117 Å². The summed E-state index contributed by atoms with van der Waals surface area (Å²) in [6, 6.07) is 8.21. The molecule has 104 valence electrons. The molecule has 0 spiro atoms. The van der Waals surface area contributed by atoms with Crippen LogP contribution in [0.3, 0.4) is 0 Å². The zero-order chi connectivity index (χ0) is 14.4. The lowest BCUT2D eigenvalue weighted by Gasteiger charge is -2.06. The smallest absolute Gasteiger partial charge is 0.338 e. The van der Waals surface area contributed by atoms with Crippen molar-refractivity contribution in [2.24, 2.45) is 0 Å². The quantitative estimate of drug-likeness (QED) is 0.619. The molecule has 0 saturated heterocycles. The Morgan fingerprint density at radius 1 is 1.25 bits per heavy atom. The molecule has 3 nitrogen and oxygen atoms in total. The van der Waals surface area contributed by atoms with E-state index in [1.807, 2.05) is 12.1 Å². The normalized spacial score (nSPS) is 10.3. The number of nitrogens with zero attached hydrogens (tertiary/aromatic N) is 1. The molecule has 20 heavy (non-hydrogen) atoms. The number of aromatic nitrogens is 1. The highest BCUT2D eigenvalue weighted by atomic mass is 19.1. The van der Waals surface area contributed by atoms with Gasteiger partial charge in [-0.2, -0.15) is 0 Å². The number of esters is 1. The van der Waals surface area contributed by atoms with E-state index in [9.17, 15) is 9.18 Å². The van der Waals surface area contributed by atoms with Gasteiger partial charge >= 0.3 is 5.97 Å². The number of hydrogen-bond donors (Lipinski definition) is 0. The first-order valence-electron chi connectivity index (χ1n) is 6.49. The molecule has 1 aromatic heterocycles. The molecule has 1 aromatic carbocycles. The van der Waals surface area contributed by atoms with Gasteiger partial charge in [-0.3, -0.25) is 4.98 Å². The second-order valence-corrected chi connectivity index (χ2v) is 4.56. The maximum Gasteiger partial charge on any atom is 0.338 e. The Morgan fingerprint density at radius 2 is 2.00 bits per heavy atom. The van der Waals surface area contributed by atoms with Gasteiger partial charge in [-0.15, -0.1) is 0 Å².